The Balaban J connectivity index is 1.70. The number of nitrogen functional groups attached to an aromatic ring is 1. The number of rotatable bonds is 6. The van der Waals surface area contributed by atoms with E-state index in [2.05, 4.69) is 0 Å². The normalized spacial score (nSPS) is 10.1. The highest BCUT2D eigenvalue weighted by Gasteiger charge is 2.06. The minimum absolute atomic E-state index is 0.167. The molecule has 0 aliphatic rings. The van der Waals surface area contributed by atoms with Gasteiger partial charge in [0.2, 0.25) is 0 Å². The van der Waals surface area contributed by atoms with E-state index < -0.39 is 0 Å². The first-order valence-electron chi connectivity index (χ1n) is 6.52. The lowest BCUT2D eigenvalue weighted by Crippen LogP contribution is -2.10. The lowest BCUT2D eigenvalue weighted by atomic mass is 10.2. The predicted octanol–water partition coefficient (Wildman–Crippen LogP) is 3.43. The van der Waals surface area contributed by atoms with Crippen molar-refractivity contribution >= 4 is 23.3 Å². The van der Waals surface area contributed by atoms with Crippen molar-refractivity contribution in [1.29, 1.82) is 0 Å². The number of hydrogen-bond donors (Lipinski definition) is 1. The highest BCUT2D eigenvalue weighted by molar-refractivity contribution is 6.31. The van der Waals surface area contributed by atoms with Crippen molar-refractivity contribution in [3.05, 3.63) is 59.1 Å². The van der Waals surface area contributed by atoms with Gasteiger partial charge in [0.05, 0.1) is 13.0 Å². The van der Waals surface area contributed by atoms with Crippen molar-refractivity contribution in [2.45, 2.75) is 13.0 Å². The number of nitrogens with two attached hydrogens (primary N) is 1. The number of benzene rings is 2. The Labute approximate surface area is 128 Å². The molecule has 0 radical (unpaired) electrons. The van der Waals surface area contributed by atoms with Crippen molar-refractivity contribution < 1.29 is 14.3 Å². The van der Waals surface area contributed by atoms with E-state index in [4.69, 9.17) is 26.8 Å². The Kier molecular flexibility index (Phi) is 5.46. The number of esters is 1. The van der Waals surface area contributed by atoms with Gasteiger partial charge >= 0.3 is 5.97 Å². The molecular weight excluding hydrogens is 290 g/mol. The third kappa shape index (κ3) is 5.00. The van der Waals surface area contributed by atoms with E-state index in [1.54, 1.807) is 30.3 Å². The first-order chi connectivity index (χ1) is 10.1. The van der Waals surface area contributed by atoms with Crippen molar-refractivity contribution in [3.8, 4) is 5.75 Å². The summed E-state index contributed by atoms with van der Waals surface area (Å²) in [5, 5.41) is 0.587. The summed E-state index contributed by atoms with van der Waals surface area (Å²) in [4.78, 5) is 11.6. The van der Waals surface area contributed by atoms with Crippen LogP contribution in [0.25, 0.3) is 0 Å². The van der Waals surface area contributed by atoms with Gasteiger partial charge in [-0.15, -0.1) is 0 Å². The van der Waals surface area contributed by atoms with Crippen LogP contribution < -0.4 is 10.5 Å². The maximum absolute atomic E-state index is 11.6. The van der Waals surface area contributed by atoms with Gasteiger partial charge in [0.25, 0.3) is 0 Å². The fraction of sp³-hybridized carbons (Fsp3) is 0.188. The van der Waals surface area contributed by atoms with E-state index in [0.717, 1.165) is 5.56 Å². The van der Waals surface area contributed by atoms with Crippen LogP contribution in [0.2, 0.25) is 5.02 Å². The lowest BCUT2D eigenvalue weighted by molar-refractivity contribution is -0.145. The predicted molar refractivity (Wildman–Crippen MR) is 82.2 cm³/mol. The number of halogens is 1. The molecule has 0 aromatic heterocycles. The summed E-state index contributed by atoms with van der Waals surface area (Å²) in [5.74, 6) is 0.341. The summed E-state index contributed by atoms with van der Waals surface area (Å²) < 4.78 is 10.6. The largest absolute Gasteiger partial charge is 0.493 e. The zero-order valence-corrected chi connectivity index (χ0v) is 12.2. The number of hydrogen-bond acceptors (Lipinski definition) is 4. The van der Waals surface area contributed by atoms with Gasteiger partial charge in [-0.25, -0.2) is 0 Å². The van der Waals surface area contributed by atoms with Crippen molar-refractivity contribution in [3.63, 3.8) is 0 Å². The number of carbonyl (C=O) groups excluding carboxylic acids is 1. The second kappa shape index (κ2) is 7.55. The van der Waals surface area contributed by atoms with E-state index in [9.17, 15) is 4.79 Å². The van der Waals surface area contributed by atoms with Gasteiger partial charge in [0.15, 0.2) is 0 Å². The molecule has 2 aromatic carbocycles. The van der Waals surface area contributed by atoms with Crippen LogP contribution in [0.1, 0.15) is 12.0 Å². The maximum Gasteiger partial charge on any atom is 0.309 e. The fourth-order valence-corrected chi connectivity index (χ4v) is 1.85. The van der Waals surface area contributed by atoms with Crippen LogP contribution in [0.3, 0.4) is 0 Å². The topological polar surface area (TPSA) is 61.5 Å². The molecule has 0 aliphatic carbocycles. The molecule has 0 fully saturated rings. The molecule has 21 heavy (non-hydrogen) atoms. The molecule has 5 heteroatoms. The molecule has 4 nitrogen and oxygen atoms in total. The van der Waals surface area contributed by atoms with Gasteiger partial charge in [0, 0.05) is 16.3 Å². The number of carbonyl (C=O) groups is 1. The Morgan fingerprint density at radius 1 is 1.10 bits per heavy atom. The van der Waals surface area contributed by atoms with Crippen LogP contribution in [0, 0.1) is 0 Å². The molecule has 0 saturated carbocycles. The van der Waals surface area contributed by atoms with E-state index >= 15 is 0 Å². The van der Waals surface area contributed by atoms with Gasteiger partial charge in [-0.3, -0.25) is 4.79 Å². The molecule has 110 valence electrons. The summed E-state index contributed by atoms with van der Waals surface area (Å²) >= 11 is 5.98. The summed E-state index contributed by atoms with van der Waals surface area (Å²) in [6, 6.07) is 14.2. The molecule has 0 spiro atoms. The Morgan fingerprint density at radius 3 is 2.52 bits per heavy atom. The van der Waals surface area contributed by atoms with Crippen molar-refractivity contribution in [2.24, 2.45) is 0 Å². The van der Waals surface area contributed by atoms with Gasteiger partial charge < -0.3 is 15.2 Å². The molecule has 2 aromatic rings. The van der Waals surface area contributed by atoms with Crippen LogP contribution >= 0.6 is 11.6 Å². The van der Waals surface area contributed by atoms with E-state index in [0.29, 0.717) is 16.5 Å². The van der Waals surface area contributed by atoms with Gasteiger partial charge in [-0.1, -0.05) is 29.8 Å². The average Bonchev–Trinajstić information content (AvgIpc) is 2.48. The monoisotopic (exact) mass is 305 g/mol. The lowest BCUT2D eigenvalue weighted by Gasteiger charge is -2.08. The Hall–Kier alpha value is -2.20. The van der Waals surface area contributed by atoms with E-state index in [-0.39, 0.29) is 25.6 Å². The van der Waals surface area contributed by atoms with Crippen LogP contribution in [0.4, 0.5) is 5.69 Å². The molecule has 0 atom stereocenters. The average molecular weight is 306 g/mol. The minimum Gasteiger partial charge on any atom is -0.493 e. The molecule has 2 N–H and O–H groups in total. The zero-order valence-electron chi connectivity index (χ0n) is 11.4. The smallest absolute Gasteiger partial charge is 0.309 e. The Morgan fingerprint density at radius 2 is 1.81 bits per heavy atom. The molecule has 0 saturated heterocycles. The number of ether oxygens (including phenoxy) is 2. The van der Waals surface area contributed by atoms with Crippen LogP contribution in [0.5, 0.6) is 5.75 Å². The summed E-state index contributed by atoms with van der Waals surface area (Å²) in [5.41, 5.74) is 7.02. The van der Waals surface area contributed by atoms with E-state index in [1.165, 1.54) is 0 Å². The molecule has 0 amide bonds. The molecule has 0 heterocycles. The highest BCUT2D eigenvalue weighted by Crippen LogP contribution is 2.16. The van der Waals surface area contributed by atoms with Crippen LogP contribution in [-0.2, 0) is 16.1 Å². The summed E-state index contributed by atoms with van der Waals surface area (Å²) in [6.45, 7) is 0.422. The molecule has 0 unspecified atom stereocenters. The Bertz CT molecular complexity index is 599. The second-order valence-electron chi connectivity index (χ2n) is 4.42. The van der Waals surface area contributed by atoms with E-state index in [1.807, 2.05) is 18.2 Å². The third-order valence-corrected chi connectivity index (χ3v) is 3.17. The first-order valence-corrected chi connectivity index (χ1v) is 6.90. The van der Waals surface area contributed by atoms with Gasteiger partial charge in [-0.2, -0.15) is 0 Å². The molecular formula is C16H16ClNO3. The SMILES string of the molecule is Nc1ccc(OCCC(=O)OCc2ccccc2Cl)cc1. The fourth-order valence-electron chi connectivity index (χ4n) is 1.66. The second-order valence-corrected chi connectivity index (χ2v) is 4.83. The summed E-state index contributed by atoms with van der Waals surface area (Å²) in [7, 11) is 0. The zero-order chi connectivity index (χ0) is 15.1. The summed E-state index contributed by atoms with van der Waals surface area (Å²) in [6.07, 6.45) is 0.175. The molecule has 2 rings (SSSR count). The van der Waals surface area contributed by atoms with Gasteiger partial charge in [-0.05, 0) is 30.3 Å². The van der Waals surface area contributed by atoms with Crippen molar-refractivity contribution in [1.82, 2.24) is 0 Å². The quantitative estimate of drug-likeness (QED) is 0.656. The van der Waals surface area contributed by atoms with Crippen molar-refractivity contribution in [2.75, 3.05) is 12.3 Å². The molecule has 0 aliphatic heterocycles. The minimum atomic E-state index is -0.328. The van der Waals surface area contributed by atoms with Crippen LogP contribution in [-0.4, -0.2) is 12.6 Å². The van der Waals surface area contributed by atoms with Gasteiger partial charge in [0.1, 0.15) is 12.4 Å². The third-order valence-electron chi connectivity index (χ3n) is 2.80. The highest BCUT2D eigenvalue weighted by atomic mass is 35.5. The first kappa shape index (κ1) is 15.2. The molecule has 0 bridgehead atoms. The number of anilines is 1. The maximum atomic E-state index is 11.6. The standard InChI is InChI=1S/C16H16ClNO3/c17-15-4-2-1-3-12(15)11-21-16(19)9-10-20-14-7-5-13(18)6-8-14/h1-8H,9-11,18H2. The van der Waals surface area contributed by atoms with Crippen LogP contribution in [0.15, 0.2) is 48.5 Å².